The van der Waals surface area contributed by atoms with Crippen LogP contribution in [0.5, 0.6) is 0 Å². The number of nitrogens with two attached hydrogens (primary N) is 2. The summed E-state index contributed by atoms with van der Waals surface area (Å²) in [5, 5.41) is 18.6. The van der Waals surface area contributed by atoms with Crippen molar-refractivity contribution in [1.82, 2.24) is 0 Å². The smallest absolute Gasteiger partial charge is 0.321 e. The fraction of sp³-hybridized carbons (Fsp3) is 0.667. The van der Waals surface area contributed by atoms with Crippen LogP contribution in [0, 0.1) is 0 Å². The van der Waals surface area contributed by atoms with E-state index < -0.39 is 24.0 Å². The standard InChI is InChI=1S/C6H12N2O4S2/c7-3(5(9)10)1-13-14-2-4(8)6(11)12/h3-4H,1-2,7-8H2,(H,9,10)(H,11,12)/p-1. The first-order valence-electron chi connectivity index (χ1n) is 3.64. The van der Waals surface area contributed by atoms with Crippen molar-refractivity contribution in [1.29, 1.82) is 0 Å². The number of aliphatic carboxylic acids is 2. The van der Waals surface area contributed by atoms with Crippen molar-refractivity contribution < 1.29 is 19.8 Å². The first kappa shape index (κ1) is 13.6. The topological polar surface area (TPSA) is 129 Å². The fourth-order valence-electron chi connectivity index (χ4n) is 0.382. The molecule has 0 bridgehead atoms. The van der Waals surface area contributed by atoms with Crippen molar-refractivity contribution in [2.75, 3.05) is 11.5 Å². The van der Waals surface area contributed by atoms with Crippen LogP contribution in [-0.2, 0) is 9.59 Å². The summed E-state index contributed by atoms with van der Waals surface area (Å²) in [5.41, 5.74) is 10.3. The molecule has 0 fully saturated rings. The highest BCUT2D eigenvalue weighted by molar-refractivity contribution is 8.76. The number of hydrogen-bond acceptors (Lipinski definition) is 7. The summed E-state index contributed by atoms with van der Waals surface area (Å²) in [7, 11) is 2.34. The van der Waals surface area contributed by atoms with E-state index >= 15 is 0 Å². The molecule has 0 rings (SSSR count). The van der Waals surface area contributed by atoms with Crippen LogP contribution in [0.4, 0.5) is 0 Å². The van der Waals surface area contributed by atoms with Gasteiger partial charge < -0.3 is 26.5 Å². The molecule has 0 saturated heterocycles. The number of carbonyl (C=O) groups excluding carboxylic acids is 1. The molecule has 82 valence electrons. The van der Waals surface area contributed by atoms with Gasteiger partial charge in [-0.15, -0.1) is 0 Å². The van der Waals surface area contributed by atoms with Gasteiger partial charge >= 0.3 is 5.97 Å². The Morgan fingerprint density at radius 1 is 1.21 bits per heavy atom. The molecule has 0 aliphatic rings. The van der Waals surface area contributed by atoms with Crippen molar-refractivity contribution in [3.63, 3.8) is 0 Å². The highest BCUT2D eigenvalue weighted by Crippen LogP contribution is 2.21. The summed E-state index contributed by atoms with van der Waals surface area (Å²) in [6.07, 6.45) is 0. The zero-order chi connectivity index (χ0) is 11.1. The van der Waals surface area contributed by atoms with Crippen LogP contribution in [0.3, 0.4) is 0 Å². The largest absolute Gasteiger partial charge is 0.548 e. The Hall–Kier alpha value is -0.440. The van der Waals surface area contributed by atoms with Crippen LogP contribution in [0.25, 0.3) is 0 Å². The Labute approximate surface area is 88.8 Å². The molecule has 0 radical (unpaired) electrons. The van der Waals surface area contributed by atoms with Crippen molar-refractivity contribution in [2.45, 2.75) is 12.1 Å². The molecule has 5 N–H and O–H groups in total. The van der Waals surface area contributed by atoms with Gasteiger partial charge in [-0.1, -0.05) is 21.6 Å². The van der Waals surface area contributed by atoms with E-state index in [1.807, 2.05) is 0 Å². The lowest BCUT2D eigenvalue weighted by atomic mass is 10.4. The summed E-state index contributed by atoms with van der Waals surface area (Å²) >= 11 is 0. The Morgan fingerprint density at radius 2 is 1.64 bits per heavy atom. The van der Waals surface area contributed by atoms with Gasteiger partial charge in [-0.3, -0.25) is 4.79 Å². The van der Waals surface area contributed by atoms with Crippen LogP contribution >= 0.6 is 21.6 Å². The molecule has 8 heteroatoms. The van der Waals surface area contributed by atoms with Crippen molar-refractivity contribution in [3.05, 3.63) is 0 Å². The van der Waals surface area contributed by atoms with E-state index in [9.17, 15) is 14.7 Å². The van der Waals surface area contributed by atoms with E-state index in [1.165, 1.54) is 10.8 Å². The lowest BCUT2D eigenvalue weighted by Crippen LogP contribution is -2.43. The molecule has 14 heavy (non-hydrogen) atoms. The molecule has 0 aromatic carbocycles. The maximum Gasteiger partial charge on any atom is 0.321 e. The van der Waals surface area contributed by atoms with Crippen LogP contribution < -0.4 is 16.6 Å². The Balaban J connectivity index is 3.47. The maximum absolute atomic E-state index is 10.3. The quantitative estimate of drug-likeness (QED) is 0.339. The summed E-state index contributed by atoms with van der Waals surface area (Å²) in [6.45, 7) is 0. The minimum atomic E-state index is -1.32. The molecule has 0 aromatic rings. The van der Waals surface area contributed by atoms with Gasteiger partial charge in [0.2, 0.25) is 0 Å². The van der Waals surface area contributed by atoms with E-state index in [0.717, 1.165) is 10.8 Å². The maximum atomic E-state index is 10.3. The van der Waals surface area contributed by atoms with E-state index in [4.69, 9.17) is 16.6 Å². The summed E-state index contributed by atoms with van der Waals surface area (Å²) in [4.78, 5) is 20.4. The number of hydrogen-bond donors (Lipinski definition) is 3. The SMILES string of the molecule is NC(CSSCC(N)C(=O)O)C(=O)[O-]. The first-order chi connectivity index (χ1) is 6.45. The van der Waals surface area contributed by atoms with Crippen LogP contribution in [-0.4, -0.2) is 40.6 Å². The minimum Gasteiger partial charge on any atom is -0.548 e. The van der Waals surface area contributed by atoms with Crippen molar-refractivity contribution in [2.24, 2.45) is 11.5 Å². The molecule has 0 amide bonds. The first-order valence-corrected chi connectivity index (χ1v) is 6.13. The van der Waals surface area contributed by atoms with Gasteiger partial charge in [0.05, 0.1) is 12.0 Å². The van der Waals surface area contributed by atoms with Crippen LogP contribution in [0.2, 0.25) is 0 Å². The lowest BCUT2D eigenvalue weighted by Gasteiger charge is -2.11. The van der Waals surface area contributed by atoms with Crippen molar-refractivity contribution >= 4 is 33.5 Å². The minimum absolute atomic E-state index is 0.166. The highest BCUT2D eigenvalue weighted by Gasteiger charge is 2.11. The van der Waals surface area contributed by atoms with Gasteiger partial charge in [0.15, 0.2) is 0 Å². The third kappa shape index (κ3) is 6.08. The van der Waals surface area contributed by atoms with Gasteiger partial charge in [-0.25, -0.2) is 0 Å². The second-order valence-electron chi connectivity index (χ2n) is 2.44. The average molecular weight is 239 g/mol. The van der Waals surface area contributed by atoms with E-state index in [2.05, 4.69) is 0 Å². The molecule has 2 atom stereocenters. The average Bonchev–Trinajstić information content (AvgIpc) is 2.11. The molecule has 0 aromatic heterocycles. The highest BCUT2D eigenvalue weighted by atomic mass is 33.1. The third-order valence-corrected chi connectivity index (χ3v) is 3.67. The zero-order valence-electron chi connectivity index (χ0n) is 7.21. The number of carbonyl (C=O) groups is 2. The molecule has 0 aliphatic carbocycles. The fourth-order valence-corrected chi connectivity index (χ4v) is 2.60. The Bertz CT molecular complexity index is 192. The van der Waals surface area contributed by atoms with E-state index in [0.29, 0.717) is 0 Å². The number of rotatable bonds is 7. The van der Waals surface area contributed by atoms with Crippen LogP contribution in [0.1, 0.15) is 0 Å². The summed E-state index contributed by atoms with van der Waals surface area (Å²) < 4.78 is 0. The second kappa shape index (κ2) is 6.93. The Kier molecular flexibility index (Phi) is 6.71. The molecule has 0 aliphatic heterocycles. The van der Waals surface area contributed by atoms with Gasteiger partial charge in [-0.05, 0) is 0 Å². The van der Waals surface area contributed by atoms with Crippen molar-refractivity contribution in [3.8, 4) is 0 Å². The Morgan fingerprint density at radius 3 is 2.00 bits per heavy atom. The predicted octanol–water partition coefficient (Wildman–Crippen LogP) is -2.14. The lowest BCUT2D eigenvalue weighted by molar-refractivity contribution is -0.306. The summed E-state index contributed by atoms with van der Waals surface area (Å²) in [6, 6.07) is -1.97. The molecule has 6 nitrogen and oxygen atoms in total. The predicted molar refractivity (Wildman–Crippen MR) is 53.5 cm³/mol. The van der Waals surface area contributed by atoms with Gasteiger partial charge in [0, 0.05) is 11.5 Å². The molecule has 0 spiro atoms. The molecule has 0 heterocycles. The van der Waals surface area contributed by atoms with E-state index in [1.54, 1.807) is 0 Å². The number of carboxylic acids is 2. The monoisotopic (exact) mass is 239 g/mol. The number of carboxylic acid groups (broad SMARTS) is 2. The van der Waals surface area contributed by atoms with Crippen LogP contribution in [0.15, 0.2) is 0 Å². The zero-order valence-corrected chi connectivity index (χ0v) is 8.85. The second-order valence-corrected chi connectivity index (χ2v) is 4.99. The molecular formula is C6H11N2O4S2-. The van der Waals surface area contributed by atoms with Gasteiger partial charge in [0.25, 0.3) is 0 Å². The summed E-state index contributed by atoms with van der Waals surface area (Å²) in [5.74, 6) is -2.03. The van der Waals surface area contributed by atoms with Gasteiger partial charge in [0.1, 0.15) is 6.04 Å². The molecule has 0 saturated carbocycles. The molecular weight excluding hydrogens is 228 g/mol. The molecule has 2 unspecified atom stereocenters. The van der Waals surface area contributed by atoms with E-state index in [-0.39, 0.29) is 11.5 Å². The normalized spacial score (nSPS) is 14.7. The van der Waals surface area contributed by atoms with Gasteiger partial charge in [-0.2, -0.15) is 0 Å². The third-order valence-electron chi connectivity index (χ3n) is 1.20.